The van der Waals surface area contributed by atoms with Gasteiger partial charge in [-0.1, -0.05) is 19.3 Å². The van der Waals surface area contributed by atoms with Crippen LogP contribution >= 0.6 is 24.0 Å². The van der Waals surface area contributed by atoms with Gasteiger partial charge in [0, 0.05) is 25.2 Å². The molecule has 1 heterocycles. The SMILES string of the molecule is CC(C)N1CCCC(CN=C(N)NC2CCCCC2)C1.I. The van der Waals surface area contributed by atoms with Crippen LogP contribution in [0.2, 0.25) is 0 Å². The molecule has 2 rings (SSSR count). The Kier molecular flexibility index (Phi) is 8.94. The number of hydrogen-bond acceptors (Lipinski definition) is 2. The molecule has 0 aromatic carbocycles. The summed E-state index contributed by atoms with van der Waals surface area (Å²) in [6.07, 6.45) is 9.13. The zero-order valence-corrected chi connectivity index (χ0v) is 16.0. The maximum atomic E-state index is 6.04. The molecule has 1 aliphatic heterocycles. The Morgan fingerprint density at radius 2 is 1.90 bits per heavy atom. The molecule has 1 atom stereocenters. The van der Waals surface area contributed by atoms with Crippen molar-refractivity contribution in [1.82, 2.24) is 10.2 Å². The quantitative estimate of drug-likeness (QED) is 0.427. The van der Waals surface area contributed by atoms with E-state index in [2.05, 4.69) is 29.1 Å². The van der Waals surface area contributed by atoms with Crippen molar-refractivity contribution in [2.75, 3.05) is 19.6 Å². The lowest BCUT2D eigenvalue weighted by Crippen LogP contribution is -2.43. The summed E-state index contributed by atoms with van der Waals surface area (Å²) in [6.45, 7) is 7.87. The number of likely N-dealkylation sites (tertiary alicyclic amines) is 1. The summed E-state index contributed by atoms with van der Waals surface area (Å²) in [5.74, 6) is 1.34. The number of guanidine groups is 1. The molecule has 0 spiro atoms. The topological polar surface area (TPSA) is 53.6 Å². The van der Waals surface area contributed by atoms with E-state index in [4.69, 9.17) is 5.73 Å². The predicted octanol–water partition coefficient (Wildman–Crippen LogP) is 2.96. The third-order valence-electron chi connectivity index (χ3n) is 4.76. The average Bonchev–Trinajstić information content (AvgIpc) is 2.46. The first-order valence-corrected chi connectivity index (χ1v) is 8.45. The first-order chi connectivity index (χ1) is 9.65. The Bertz CT molecular complexity index is 313. The van der Waals surface area contributed by atoms with Crippen LogP contribution < -0.4 is 11.1 Å². The van der Waals surface area contributed by atoms with Gasteiger partial charge in [0.05, 0.1) is 0 Å². The maximum absolute atomic E-state index is 6.04. The van der Waals surface area contributed by atoms with Gasteiger partial charge in [-0.25, -0.2) is 0 Å². The van der Waals surface area contributed by atoms with Crippen LogP contribution in [0.3, 0.4) is 0 Å². The molecule has 0 radical (unpaired) electrons. The summed E-state index contributed by atoms with van der Waals surface area (Å²) in [7, 11) is 0. The molecule has 5 heteroatoms. The van der Waals surface area contributed by atoms with Crippen LogP contribution in [0, 0.1) is 5.92 Å². The summed E-state index contributed by atoms with van der Waals surface area (Å²) in [5.41, 5.74) is 6.04. The molecule has 2 fully saturated rings. The molecule has 21 heavy (non-hydrogen) atoms. The second-order valence-electron chi connectivity index (χ2n) is 6.80. The molecule has 1 saturated heterocycles. The van der Waals surface area contributed by atoms with Gasteiger partial charge in [0.1, 0.15) is 0 Å². The van der Waals surface area contributed by atoms with Crippen LogP contribution in [0.5, 0.6) is 0 Å². The molecule has 0 bridgehead atoms. The van der Waals surface area contributed by atoms with Crippen molar-refractivity contribution in [3.63, 3.8) is 0 Å². The van der Waals surface area contributed by atoms with Crippen LogP contribution in [0.15, 0.2) is 4.99 Å². The Labute approximate surface area is 147 Å². The molecular weight excluding hydrogens is 375 g/mol. The highest BCUT2D eigenvalue weighted by molar-refractivity contribution is 14.0. The Hall–Kier alpha value is -0.0400. The van der Waals surface area contributed by atoms with E-state index >= 15 is 0 Å². The fourth-order valence-electron chi connectivity index (χ4n) is 3.44. The first kappa shape index (κ1) is 19.0. The van der Waals surface area contributed by atoms with Crippen molar-refractivity contribution in [2.45, 2.75) is 70.9 Å². The largest absolute Gasteiger partial charge is 0.370 e. The lowest BCUT2D eigenvalue weighted by Gasteiger charge is -2.34. The van der Waals surface area contributed by atoms with E-state index in [9.17, 15) is 0 Å². The van der Waals surface area contributed by atoms with Gasteiger partial charge in [0.2, 0.25) is 0 Å². The zero-order valence-electron chi connectivity index (χ0n) is 13.7. The summed E-state index contributed by atoms with van der Waals surface area (Å²) >= 11 is 0. The highest BCUT2D eigenvalue weighted by atomic mass is 127. The fourth-order valence-corrected chi connectivity index (χ4v) is 3.44. The zero-order chi connectivity index (χ0) is 14.4. The normalized spacial score (nSPS) is 25.7. The van der Waals surface area contributed by atoms with Gasteiger partial charge in [-0.15, -0.1) is 24.0 Å². The molecule has 4 nitrogen and oxygen atoms in total. The van der Waals surface area contributed by atoms with Crippen LogP contribution in [0.25, 0.3) is 0 Å². The molecule has 0 aromatic heterocycles. The highest BCUT2D eigenvalue weighted by Crippen LogP contribution is 2.19. The molecule has 124 valence electrons. The van der Waals surface area contributed by atoms with Gasteiger partial charge in [0.25, 0.3) is 0 Å². The van der Waals surface area contributed by atoms with Gasteiger partial charge < -0.3 is 16.0 Å². The fraction of sp³-hybridized carbons (Fsp3) is 0.938. The minimum Gasteiger partial charge on any atom is -0.370 e. The number of nitrogens with two attached hydrogens (primary N) is 1. The minimum absolute atomic E-state index is 0. The van der Waals surface area contributed by atoms with Crippen molar-refractivity contribution in [2.24, 2.45) is 16.6 Å². The summed E-state index contributed by atoms with van der Waals surface area (Å²) in [5, 5.41) is 3.41. The van der Waals surface area contributed by atoms with E-state index in [1.54, 1.807) is 0 Å². The van der Waals surface area contributed by atoms with E-state index in [0.29, 0.717) is 24.0 Å². The lowest BCUT2D eigenvalue weighted by molar-refractivity contribution is 0.143. The van der Waals surface area contributed by atoms with Crippen LogP contribution in [-0.4, -0.2) is 42.6 Å². The van der Waals surface area contributed by atoms with Crippen LogP contribution in [0.4, 0.5) is 0 Å². The van der Waals surface area contributed by atoms with Crippen molar-refractivity contribution in [1.29, 1.82) is 0 Å². The Balaban J connectivity index is 0.00000220. The molecule has 1 unspecified atom stereocenters. The van der Waals surface area contributed by atoms with Gasteiger partial charge in [-0.2, -0.15) is 0 Å². The van der Waals surface area contributed by atoms with Crippen molar-refractivity contribution < 1.29 is 0 Å². The standard InChI is InChI=1S/C16H32N4.HI/c1-13(2)20-10-6-7-14(12-20)11-18-16(17)19-15-8-4-3-5-9-15;/h13-15H,3-12H2,1-2H3,(H3,17,18,19);1H. The van der Waals surface area contributed by atoms with Gasteiger partial charge >= 0.3 is 0 Å². The minimum atomic E-state index is 0. The highest BCUT2D eigenvalue weighted by Gasteiger charge is 2.21. The molecule has 1 aliphatic carbocycles. The third kappa shape index (κ3) is 6.72. The Morgan fingerprint density at radius 1 is 1.19 bits per heavy atom. The molecule has 0 aromatic rings. The van der Waals surface area contributed by atoms with E-state index in [-0.39, 0.29) is 24.0 Å². The molecule has 2 aliphatic rings. The monoisotopic (exact) mass is 408 g/mol. The van der Waals surface area contributed by atoms with Crippen LogP contribution in [-0.2, 0) is 0 Å². The first-order valence-electron chi connectivity index (χ1n) is 8.45. The number of halogens is 1. The molecule has 3 N–H and O–H groups in total. The van der Waals surface area contributed by atoms with Gasteiger partial charge in [-0.3, -0.25) is 4.99 Å². The predicted molar refractivity (Wildman–Crippen MR) is 101 cm³/mol. The Morgan fingerprint density at radius 3 is 2.57 bits per heavy atom. The van der Waals surface area contributed by atoms with E-state index < -0.39 is 0 Å². The van der Waals surface area contributed by atoms with Gasteiger partial charge in [-0.05, 0) is 52.0 Å². The van der Waals surface area contributed by atoms with Crippen molar-refractivity contribution >= 4 is 29.9 Å². The summed E-state index contributed by atoms with van der Waals surface area (Å²) < 4.78 is 0. The third-order valence-corrected chi connectivity index (χ3v) is 4.76. The molecular formula is C16H33IN4. The second kappa shape index (κ2) is 9.87. The summed E-state index contributed by atoms with van der Waals surface area (Å²) in [4.78, 5) is 7.16. The number of nitrogens with zero attached hydrogens (tertiary/aromatic N) is 2. The molecule has 1 saturated carbocycles. The summed E-state index contributed by atoms with van der Waals surface area (Å²) in [6, 6.07) is 1.21. The van der Waals surface area contributed by atoms with E-state index in [1.165, 1.54) is 58.0 Å². The van der Waals surface area contributed by atoms with Crippen molar-refractivity contribution in [3.05, 3.63) is 0 Å². The number of aliphatic imine (C=N–C) groups is 1. The molecule has 0 amide bonds. The lowest BCUT2D eigenvalue weighted by atomic mass is 9.96. The van der Waals surface area contributed by atoms with Crippen molar-refractivity contribution in [3.8, 4) is 0 Å². The van der Waals surface area contributed by atoms with E-state index in [1.807, 2.05) is 0 Å². The number of nitrogens with one attached hydrogen (secondary N) is 1. The smallest absolute Gasteiger partial charge is 0.188 e. The number of piperidine rings is 1. The van der Waals surface area contributed by atoms with Gasteiger partial charge in [0.15, 0.2) is 5.96 Å². The van der Waals surface area contributed by atoms with E-state index in [0.717, 1.165) is 6.54 Å². The number of rotatable bonds is 4. The second-order valence-corrected chi connectivity index (χ2v) is 6.80. The van der Waals surface area contributed by atoms with Crippen LogP contribution in [0.1, 0.15) is 58.8 Å². The number of hydrogen-bond donors (Lipinski definition) is 2. The maximum Gasteiger partial charge on any atom is 0.188 e. The average molecular weight is 408 g/mol.